The second-order valence-corrected chi connectivity index (χ2v) is 4.97. The first kappa shape index (κ1) is 13.0. The summed E-state index contributed by atoms with van der Waals surface area (Å²) in [6, 6.07) is 16.6. The molecule has 0 fully saturated rings. The van der Waals surface area contributed by atoms with Crippen LogP contribution in [0.2, 0.25) is 0 Å². The first-order valence-electron chi connectivity index (χ1n) is 7.17. The molecule has 0 amide bonds. The molecule has 104 valence electrons. The lowest BCUT2D eigenvalue weighted by Crippen LogP contribution is -2.16. The van der Waals surface area contributed by atoms with Gasteiger partial charge in [0, 0.05) is 30.9 Å². The highest BCUT2D eigenvalue weighted by molar-refractivity contribution is 5.54. The molecule has 0 saturated carbocycles. The van der Waals surface area contributed by atoms with Gasteiger partial charge in [-0.15, -0.1) is 0 Å². The van der Waals surface area contributed by atoms with Crippen molar-refractivity contribution in [2.24, 2.45) is 0 Å². The van der Waals surface area contributed by atoms with Crippen LogP contribution in [0, 0.1) is 0 Å². The fourth-order valence-corrected chi connectivity index (χ4v) is 2.49. The predicted molar refractivity (Wildman–Crippen MR) is 82.3 cm³/mol. The summed E-state index contributed by atoms with van der Waals surface area (Å²) in [5.74, 6) is 1.03. The van der Waals surface area contributed by atoms with Gasteiger partial charge in [-0.1, -0.05) is 36.4 Å². The quantitative estimate of drug-likeness (QED) is 0.771. The van der Waals surface area contributed by atoms with E-state index >= 15 is 0 Å². The maximum absolute atomic E-state index is 5.49. The summed E-state index contributed by atoms with van der Waals surface area (Å²) in [5, 5.41) is 6.58. The van der Waals surface area contributed by atoms with Crippen molar-refractivity contribution in [2.75, 3.05) is 25.0 Å². The first-order chi connectivity index (χ1) is 9.93. The van der Waals surface area contributed by atoms with Crippen molar-refractivity contribution in [3.8, 4) is 5.75 Å². The Bertz CT molecular complexity index is 520. The molecule has 0 aromatic heterocycles. The Hall–Kier alpha value is -2.00. The second kappa shape index (κ2) is 6.44. The van der Waals surface area contributed by atoms with E-state index in [1.54, 1.807) is 0 Å². The summed E-state index contributed by atoms with van der Waals surface area (Å²) in [7, 11) is 0. The minimum absolute atomic E-state index is 0.775. The van der Waals surface area contributed by atoms with Crippen LogP contribution in [0.5, 0.6) is 5.75 Å². The van der Waals surface area contributed by atoms with E-state index in [2.05, 4.69) is 41.0 Å². The number of para-hydroxylation sites is 2. The Kier molecular flexibility index (Phi) is 4.19. The maximum atomic E-state index is 5.49. The number of anilines is 1. The molecule has 2 aliphatic rings. The summed E-state index contributed by atoms with van der Waals surface area (Å²) in [5.41, 5.74) is 4.03. The smallest absolute Gasteiger partial charge is 0.123 e. The van der Waals surface area contributed by atoms with Crippen LogP contribution in [0.1, 0.15) is 11.1 Å². The van der Waals surface area contributed by atoms with E-state index in [0.29, 0.717) is 0 Å². The lowest BCUT2D eigenvalue weighted by molar-refractivity contribution is 0.326. The van der Waals surface area contributed by atoms with Gasteiger partial charge in [-0.25, -0.2) is 0 Å². The first-order valence-corrected chi connectivity index (χ1v) is 7.17. The third kappa shape index (κ3) is 3.11. The average molecular weight is 268 g/mol. The summed E-state index contributed by atoms with van der Waals surface area (Å²) >= 11 is 0. The van der Waals surface area contributed by atoms with Gasteiger partial charge in [-0.3, -0.25) is 0 Å². The van der Waals surface area contributed by atoms with Crippen LogP contribution in [0.3, 0.4) is 0 Å². The van der Waals surface area contributed by atoms with Crippen molar-refractivity contribution in [1.82, 2.24) is 5.32 Å². The molecule has 2 aliphatic heterocycles. The lowest BCUT2D eigenvalue weighted by Gasteiger charge is -2.03. The monoisotopic (exact) mass is 268 g/mol. The number of rotatable bonds is 0. The predicted octanol–water partition coefficient (Wildman–Crippen LogP) is 2.82. The van der Waals surface area contributed by atoms with E-state index in [1.807, 2.05) is 18.2 Å². The van der Waals surface area contributed by atoms with Gasteiger partial charge in [0.05, 0.1) is 0 Å². The van der Waals surface area contributed by atoms with Crippen molar-refractivity contribution < 1.29 is 4.74 Å². The number of benzene rings is 2. The zero-order valence-electron chi connectivity index (χ0n) is 11.6. The molecule has 20 heavy (non-hydrogen) atoms. The molecule has 0 bridgehead atoms. The van der Waals surface area contributed by atoms with Gasteiger partial charge in [0.25, 0.3) is 0 Å². The van der Waals surface area contributed by atoms with Crippen LogP contribution in [0.25, 0.3) is 0 Å². The van der Waals surface area contributed by atoms with Crippen molar-refractivity contribution in [1.29, 1.82) is 0 Å². The molecule has 0 atom stereocenters. The molecule has 3 nitrogen and oxygen atoms in total. The normalized spacial score (nSPS) is 15.6. The van der Waals surface area contributed by atoms with Crippen LogP contribution in [-0.2, 0) is 13.0 Å². The zero-order chi connectivity index (χ0) is 13.6. The number of ether oxygens (including phenoxy) is 1. The molecule has 4 rings (SSSR count). The molecular weight excluding hydrogens is 248 g/mol. The molecule has 2 N–H and O–H groups in total. The topological polar surface area (TPSA) is 33.3 Å². The number of nitrogens with one attached hydrogen (secondary N) is 2. The highest BCUT2D eigenvalue weighted by Gasteiger charge is 2.06. The van der Waals surface area contributed by atoms with Gasteiger partial charge in [0.15, 0.2) is 0 Å². The van der Waals surface area contributed by atoms with Crippen molar-refractivity contribution in [3.05, 3.63) is 59.7 Å². The van der Waals surface area contributed by atoms with E-state index in [-0.39, 0.29) is 0 Å². The SMILES string of the molecule is c1ccc2c(c1)CCN2.c1ccc2c(c1)CNCCO2. The van der Waals surface area contributed by atoms with E-state index in [0.717, 1.165) is 32.0 Å². The summed E-state index contributed by atoms with van der Waals surface area (Å²) in [6.07, 6.45) is 1.19. The lowest BCUT2D eigenvalue weighted by atomic mass is 10.2. The number of hydrogen-bond donors (Lipinski definition) is 2. The van der Waals surface area contributed by atoms with Gasteiger partial charge in [0.1, 0.15) is 12.4 Å². The molecule has 2 aromatic rings. The van der Waals surface area contributed by atoms with Gasteiger partial charge in [-0.05, 0) is 24.1 Å². The van der Waals surface area contributed by atoms with Crippen molar-refractivity contribution >= 4 is 5.69 Å². The molecule has 2 aromatic carbocycles. The second-order valence-electron chi connectivity index (χ2n) is 4.97. The molecule has 0 spiro atoms. The highest BCUT2D eigenvalue weighted by Crippen LogP contribution is 2.20. The van der Waals surface area contributed by atoms with Crippen LogP contribution in [-0.4, -0.2) is 19.7 Å². The Morgan fingerprint density at radius 2 is 1.65 bits per heavy atom. The standard InChI is InChI=1S/C9H11NO.C8H9N/c1-2-4-9-8(3-1)7-10-5-6-11-9;1-2-4-8-7(3-1)5-6-9-8/h1-4,10H,5-7H2;1-4,9H,5-6H2. The largest absolute Gasteiger partial charge is 0.492 e. The Labute approximate surface area is 120 Å². The Balaban J connectivity index is 0.000000123. The maximum Gasteiger partial charge on any atom is 0.123 e. The number of hydrogen-bond acceptors (Lipinski definition) is 3. The zero-order valence-corrected chi connectivity index (χ0v) is 11.6. The van der Waals surface area contributed by atoms with Crippen LogP contribution in [0.15, 0.2) is 48.5 Å². The third-order valence-electron chi connectivity index (χ3n) is 3.55. The molecular formula is C17H20N2O. The van der Waals surface area contributed by atoms with E-state index < -0.39 is 0 Å². The molecule has 3 heteroatoms. The minimum Gasteiger partial charge on any atom is -0.492 e. The summed E-state index contributed by atoms with van der Waals surface area (Å²) in [6.45, 7) is 3.75. The van der Waals surface area contributed by atoms with Crippen LogP contribution >= 0.6 is 0 Å². The third-order valence-corrected chi connectivity index (χ3v) is 3.55. The molecule has 0 saturated heterocycles. The highest BCUT2D eigenvalue weighted by atomic mass is 16.5. The Morgan fingerprint density at radius 1 is 0.850 bits per heavy atom. The van der Waals surface area contributed by atoms with Crippen molar-refractivity contribution in [3.63, 3.8) is 0 Å². The van der Waals surface area contributed by atoms with Gasteiger partial charge in [-0.2, -0.15) is 0 Å². The van der Waals surface area contributed by atoms with E-state index in [9.17, 15) is 0 Å². The average Bonchev–Trinajstić information content (AvgIpc) is 2.85. The van der Waals surface area contributed by atoms with E-state index in [1.165, 1.54) is 23.2 Å². The minimum atomic E-state index is 0.775. The van der Waals surface area contributed by atoms with Gasteiger partial charge >= 0.3 is 0 Å². The van der Waals surface area contributed by atoms with Crippen molar-refractivity contribution in [2.45, 2.75) is 13.0 Å². The van der Waals surface area contributed by atoms with E-state index in [4.69, 9.17) is 4.74 Å². The summed E-state index contributed by atoms with van der Waals surface area (Å²) < 4.78 is 5.49. The van der Waals surface area contributed by atoms with Gasteiger partial charge < -0.3 is 15.4 Å². The molecule has 0 aliphatic carbocycles. The van der Waals surface area contributed by atoms with Gasteiger partial charge in [0.2, 0.25) is 0 Å². The summed E-state index contributed by atoms with van der Waals surface area (Å²) in [4.78, 5) is 0. The van der Waals surface area contributed by atoms with Crippen LogP contribution in [0.4, 0.5) is 5.69 Å². The molecule has 0 radical (unpaired) electrons. The molecule has 2 heterocycles. The fourth-order valence-electron chi connectivity index (χ4n) is 2.49. The number of fused-ring (bicyclic) bond motifs is 2. The Morgan fingerprint density at radius 3 is 2.55 bits per heavy atom. The fraction of sp³-hybridized carbons (Fsp3) is 0.294. The molecule has 0 unspecified atom stereocenters. The van der Waals surface area contributed by atoms with Crippen LogP contribution < -0.4 is 15.4 Å².